The lowest BCUT2D eigenvalue weighted by Crippen LogP contribution is -2.35. The molecule has 2 fully saturated rings. The van der Waals surface area contributed by atoms with Crippen LogP contribution in [-0.4, -0.2) is 36.1 Å². The first kappa shape index (κ1) is 16.2. The zero-order chi connectivity index (χ0) is 17.3. The highest BCUT2D eigenvalue weighted by molar-refractivity contribution is 7.20. The Bertz CT molecular complexity index is 862. The Morgan fingerprint density at radius 1 is 1.12 bits per heavy atom. The van der Waals surface area contributed by atoms with E-state index < -0.39 is 0 Å². The molecular formula is C21H23N3OS. The number of hydrogen-bond donors (Lipinski definition) is 1. The van der Waals surface area contributed by atoms with E-state index >= 15 is 0 Å². The molecule has 0 bridgehead atoms. The lowest BCUT2D eigenvalue weighted by molar-refractivity contribution is 0.313. The first-order chi connectivity index (χ1) is 12.8. The van der Waals surface area contributed by atoms with E-state index in [4.69, 9.17) is 4.74 Å². The van der Waals surface area contributed by atoms with Gasteiger partial charge in [0, 0.05) is 19.6 Å². The summed E-state index contributed by atoms with van der Waals surface area (Å²) in [6.45, 7) is 5.81. The van der Waals surface area contributed by atoms with Crippen molar-refractivity contribution in [2.24, 2.45) is 11.8 Å². The van der Waals surface area contributed by atoms with E-state index in [1.54, 1.807) is 11.3 Å². The number of aromatic nitrogens is 1. The molecule has 3 aromatic rings. The van der Waals surface area contributed by atoms with Gasteiger partial charge in [-0.2, -0.15) is 0 Å². The van der Waals surface area contributed by atoms with Crippen LogP contribution in [0.15, 0.2) is 48.5 Å². The van der Waals surface area contributed by atoms with Crippen LogP contribution in [0.4, 0.5) is 0 Å². The summed E-state index contributed by atoms with van der Waals surface area (Å²) in [5.41, 5.74) is 2.31. The average molecular weight is 366 g/mol. The number of hydrogen-bond acceptors (Lipinski definition) is 5. The van der Waals surface area contributed by atoms with E-state index in [1.807, 2.05) is 24.3 Å². The van der Waals surface area contributed by atoms with Crippen molar-refractivity contribution in [3.05, 3.63) is 54.1 Å². The highest BCUT2D eigenvalue weighted by atomic mass is 32.1. The summed E-state index contributed by atoms with van der Waals surface area (Å²) in [6.07, 6.45) is 1.32. The smallest absolute Gasteiger partial charge is 0.279 e. The number of likely N-dealkylation sites (tertiary alicyclic amines) is 1. The summed E-state index contributed by atoms with van der Waals surface area (Å²) in [5.74, 6) is 2.57. The van der Waals surface area contributed by atoms with Gasteiger partial charge in [0.1, 0.15) is 5.75 Å². The Hall–Kier alpha value is -1.95. The quantitative estimate of drug-likeness (QED) is 0.754. The molecule has 2 unspecified atom stereocenters. The monoisotopic (exact) mass is 365 g/mol. The maximum atomic E-state index is 6.04. The summed E-state index contributed by atoms with van der Waals surface area (Å²) in [5, 5.41) is 4.25. The predicted molar refractivity (Wildman–Crippen MR) is 106 cm³/mol. The molecular weight excluding hydrogens is 342 g/mol. The zero-order valence-electron chi connectivity index (χ0n) is 14.7. The number of fused-ring (bicyclic) bond motifs is 2. The Balaban J connectivity index is 1.28. The van der Waals surface area contributed by atoms with E-state index in [-0.39, 0.29) is 0 Å². The van der Waals surface area contributed by atoms with Crippen LogP contribution in [-0.2, 0) is 6.54 Å². The minimum absolute atomic E-state index is 0.710. The summed E-state index contributed by atoms with van der Waals surface area (Å²) in [6, 6.07) is 16.6. The number of benzene rings is 2. The molecule has 2 aliphatic heterocycles. The van der Waals surface area contributed by atoms with Crippen LogP contribution in [0.3, 0.4) is 0 Å². The summed E-state index contributed by atoms with van der Waals surface area (Å²) in [7, 11) is 0. The number of para-hydroxylation sites is 1. The van der Waals surface area contributed by atoms with Crippen molar-refractivity contribution in [2.75, 3.05) is 26.2 Å². The van der Waals surface area contributed by atoms with Gasteiger partial charge < -0.3 is 10.1 Å². The normalized spacial score (nSPS) is 23.2. The van der Waals surface area contributed by atoms with Gasteiger partial charge in [-0.1, -0.05) is 35.6 Å². The second kappa shape index (κ2) is 6.99. The van der Waals surface area contributed by atoms with Crippen LogP contribution < -0.4 is 10.1 Å². The van der Waals surface area contributed by atoms with Crippen LogP contribution in [0.25, 0.3) is 10.2 Å². The lowest BCUT2D eigenvalue weighted by atomic mass is 9.90. The molecule has 0 amide bonds. The summed E-state index contributed by atoms with van der Waals surface area (Å²) in [4.78, 5) is 7.17. The van der Waals surface area contributed by atoms with Crippen molar-refractivity contribution in [3.63, 3.8) is 0 Å². The Morgan fingerprint density at radius 2 is 2.04 bits per heavy atom. The van der Waals surface area contributed by atoms with Gasteiger partial charge in [0.15, 0.2) is 0 Å². The van der Waals surface area contributed by atoms with E-state index in [1.165, 1.54) is 38.2 Å². The molecule has 2 aromatic carbocycles. The van der Waals surface area contributed by atoms with Gasteiger partial charge in [0.25, 0.3) is 5.19 Å². The van der Waals surface area contributed by atoms with Crippen LogP contribution >= 0.6 is 11.3 Å². The van der Waals surface area contributed by atoms with Gasteiger partial charge >= 0.3 is 0 Å². The first-order valence-corrected chi connectivity index (χ1v) is 10.2. The molecule has 4 nitrogen and oxygen atoms in total. The first-order valence-electron chi connectivity index (χ1n) is 9.39. The fraction of sp³-hybridized carbons (Fsp3) is 0.381. The standard InChI is InChI=1S/C21H23N3OS/c1-2-7-20-19(6-1)23-21(26-20)25-18-5-3-4-15(10-18)12-24-13-16-8-9-22-11-17(16)14-24/h1-7,10,16-17,22H,8-9,11-14H2. The number of rotatable bonds is 4. The number of nitrogens with one attached hydrogen (secondary N) is 1. The minimum atomic E-state index is 0.710. The molecule has 2 aliphatic rings. The molecule has 0 radical (unpaired) electrons. The van der Waals surface area contributed by atoms with Crippen molar-refractivity contribution in [1.82, 2.24) is 15.2 Å². The van der Waals surface area contributed by atoms with Crippen LogP contribution in [0, 0.1) is 11.8 Å². The maximum absolute atomic E-state index is 6.04. The number of piperidine rings is 1. The van der Waals surface area contributed by atoms with Gasteiger partial charge in [-0.25, -0.2) is 4.98 Å². The second-order valence-corrected chi connectivity index (χ2v) is 8.40. The topological polar surface area (TPSA) is 37.4 Å². The highest BCUT2D eigenvalue weighted by Gasteiger charge is 2.34. The molecule has 134 valence electrons. The third-order valence-electron chi connectivity index (χ3n) is 5.53. The average Bonchev–Trinajstić information content (AvgIpc) is 3.24. The second-order valence-electron chi connectivity index (χ2n) is 7.40. The predicted octanol–water partition coefficient (Wildman–Crippen LogP) is 4.13. The van der Waals surface area contributed by atoms with E-state index in [9.17, 15) is 0 Å². The van der Waals surface area contributed by atoms with Gasteiger partial charge in [0.05, 0.1) is 10.2 Å². The van der Waals surface area contributed by atoms with Gasteiger partial charge in [-0.15, -0.1) is 0 Å². The fourth-order valence-corrected chi connectivity index (χ4v) is 5.09. The SMILES string of the molecule is c1cc(CN2CC3CCNCC3C2)cc(Oc2nc3ccccc3s2)c1. The molecule has 1 N–H and O–H groups in total. The Labute approximate surface area is 157 Å². The summed E-state index contributed by atoms with van der Waals surface area (Å²) < 4.78 is 7.20. The zero-order valence-corrected chi connectivity index (χ0v) is 15.5. The Morgan fingerprint density at radius 3 is 2.96 bits per heavy atom. The van der Waals surface area contributed by atoms with Crippen LogP contribution in [0.5, 0.6) is 10.9 Å². The number of ether oxygens (including phenoxy) is 1. The van der Waals surface area contributed by atoms with Crippen molar-refractivity contribution in [3.8, 4) is 10.9 Å². The molecule has 26 heavy (non-hydrogen) atoms. The van der Waals surface area contributed by atoms with Crippen molar-refractivity contribution < 1.29 is 4.74 Å². The van der Waals surface area contributed by atoms with Gasteiger partial charge in [0.2, 0.25) is 0 Å². The highest BCUT2D eigenvalue weighted by Crippen LogP contribution is 2.32. The number of thiazole rings is 1. The molecule has 0 saturated carbocycles. The molecule has 2 atom stereocenters. The maximum Gasteiger partial charge on any atom is 0.279 e. The van der Waals surface area contributed by atoms with E-state index in [2.05, 4.69) is 39.5 Å². The molecule has 3 heterocycles. The van der Waals surface area contributed by atoms with E-state index in [0.29, 0.717) is 5.19 Å². The lowest BCUT2D eigenvalue weighted by Gasteiger charge is -2.24. The molecule has 5 heteroatoms. The third-order valence-corrected chi connectivity index (χ3v) is 6.45. The molecule has 1 aromatic heterocycles. The van der Waals surface area contributed by atoms with E-state index in [0.717, 1.165) is 34.3 Å². The number of nitrogens with zero attached hydrogens (tertiary/aromatic N) is 2. The molecule has 0 aliphatic carbocycles. The molecule has 2 saturated heterocycles. The van der Waals surface area contributed by atoms with Crippen LogP contribution in [0.1, 0.15) is 12.0 Å². The third kappa shape index (κ3) is 3.34. The largest absolute Gasteiger partial charge is 0.431 e. The molecule has 0 spiro atoms. The molecule has 5 rings (SSSR count). The minimum Gasteiger partial charge on any atom is -0.431 e. The van der Waals surface area contributed by atoms with Crippen molar-refractivity contribution in [2.45, 2.75) is 13.0 Å². The van der Waals surface area contributed by atoms with Crippen LogP contribution in [0.2, 0.25) is 0 Å². The Kier molecular flexibility index (Phi) is 4.36. The fourth-order valence-electron chi connectivity index (χ4n) is 4.26. The van der Waals surface area contributed by atoms with Gasteiger partial charge in [-0.3, -0.25) is 4.90 Å². The summed E-state index contributed by atoms with van der Waals surface area (Å²) >= 11 is 1.59. The van der Waals surface area contributed by atoms with Gasteiger partial charge in [-0.05, 0) is 61.2 Å². The van der Waals surface area contributed by atoms with Crippen molar-refractivity contribution in [1.29, 1.82) is 0 Å². The van der Waals surface area contributed by atoms with Crippen molar-refractivity contribution >= 4 is 21.6 Å².